The lowest BCUT2D eigenvalue weighted by atomic mass is 9.94. The Bertz CT molecular complexity index is 637. The summed E-state index contributed by atoms with van der Waals surface area (Å²) in [4.78, 5) is 23.5. The summed E-state index contributed by atoms with van der Waals surface area (Å²) in [5.74, 6) is -2.05. The number of aryl methyl sites for hydroxylation is 1. The van der Waals surface area contributed by atoms with Gasteiger partial charge in [0.05, 0.1) is 23.7 Å². The van der Waals surface area contributed by atoms with E-state index in [2.05, 4.69) is 10.4 Å². The van der Waals surface area contributed by atoms with Gasteiger partial charge >= 0.3 is 5.97 Å². The van der Waals surface area contributed by atoms with E-state index < -0.39 is 17.9 Å². The number of nitrogens with one attached hydrogen (secondary N) is 1. The Labute approximate surface area is 122 Å². The summed E-state index contributed by atoms with van der Waals surface area (Å²) >= 11 is 0. The number of aliphatic carboxylic acids is 1. The zero-order valence-corrected chi connectivity index (χ0v) is 11.9. The molecule has 1 amide bonds. The van der Waals surface area contributed by atoms with Crippen LogP contribution in [0.3, 0.4) is 0 Å². The Hall–Kier alpha value is -2.63. The topological polar surface area (TPSA) is 84.2 Å². The van der Waals surface area contributed by atoms with Crippen LogP contribution in [0.15, 0.2) is 42.7 Å². The van der Waals surface area contributed by atoms with Crippen molar-refractivity contribution < 1.29 is 14.7 Å². The van der Waals surface area contributed by atoms with Crippen molar-refractivity contribution in [2.45, 2.75) is 13.0 Å². The largest absolute Gasteiger partial charge is 0.481 e. The lowest BCUT2D eigenvalue weighted by Crippen LogP contribution is -2.35. The van der Waals surface area contributed by atoms with E-state index in [1.807, 2.05) is 18.2 Å². The minimum atomic E-state index is -0.963. The van der Waals surface area contributed by atoms with Gasteiger partial charge in [-0.05, 0) is 12.5 Å². The van der Waals surface area contributed by atoms with Crippen molar-refractivity contribution >= 4 is 11.9 Å². The molecule has 6 heteroatoms. The first-order valence-electron chi connectivity index (χ1n) is 6.56. The molecule has 2 N–H and O–H groups in total. The number of carbonyl (C=O) groups excluding carboxylic acids is 1. The second-order valence-electron chi connectivity index (χ2n) is 4.89. The molecular weight excluding hydrogens is 270 g/mol. The normalized spacial score (nSPS) is 13.4. The van der Waals surface area contributed by atoms with E-state index in [1.165, 1.54) is 10.9 Å². The van der Waals surface area contributed by atoms with Crippen LogP contribution in [0.4, 0.5) is 0 Å². The average molecular weight is 287 g/mol. The Morgan fingerprint density at radius 3 is 2.48 bits per heavy atom. The Morgan fingerprint density at radius 2 is 1.95 bits per heavy atom. The van der Waals surface area contributed by atoms with E-state index in [0.717, 1.165) is 5.56 Å². The third-order valence-corrected chi connectivity index (χ3v) is 3.30. The van der Waals surface area contributed by atoms with Crippen molar-refractivity contribution in [3.63, 3.8) is 0 Å². The molecule has 110 valence electrons. The SMILES string of the molecule is CC(C(=O)O)C(NC(=O)c1cnn(C)c1)c1ccccc1. The van der Waals surface area contributed by atoms with Crippen LogP contribution in [0.25, 0.3) is 0 Å². The highest BCUT2D eigenvalue weighted by molar-refractivity contribution is 5.94. The summed E-state index contributed by atoms with van der Waals surface area (Å²) in [5, 5.41) is 15.9. The number of hydrogen-bond donors (Lipinski definition) is 2. The van der Waals surface area contributed by atoms with Crippen LogP contribution >= 0.6 is 0 Å². The first kappa shape index (κ1) is 14.8. The first-order valence-corrected chi connectivity index (χ1v) is 6.56. The lowest BCUT2D eigenvalue weighted by Gasteiger charge is -2.22. The molecule has 21 heavy (non-hydrogen) atoms. The van der Waals surface area contributed by atoms with Crippen LogP contribution in [-0.4, -0.2) is 26.8 Å². The van der Waals surface area contributed by atoms with Gasteiger partial charge in [-0.3, -0.25) is 14.3 Å². The number of carbonyl (C=O) groups is 2. The Morgan fingerprint density at radius 1 is 1.29 bits per heavy atom. The van der Waals surface area contributed by atoms with Gasteiger partial charge in [-0.1, -0.05) is 30.3 Å². The highest BCUT2D eigenvalue weighted by Crippen LogP contribution is 2.22. The molecule has 1 aromatic heterocycles. The summed E-state index contributed by atoms with van der Waals surface area (Å²) in [7, 11) is 1.71. The fraction of sp³-hybridized carbons (Fsp3) is 0.267. The quantitative estimate of drug-likeness (QED) is 0.875. The third kappa shape index (κ3) is 3.47. The smallest absolute Gasteiger partial charge is 0.308 e. The molecule has 0 fully saturated rings. The van der Waals surface area contributed by atoms with Gasteiger partial charge in [0.1, 0.15) is 0 Å². The van der Waals surface area contributed by atoms with E-state index in [-0.39, 0.29) is 5.91 Å². The van der Waals surface area contributed by atoms with E-state index in [1.54, 1.807) is 32.3 Å². The number of rotatable bonds is 5. The number of hydrogen-bond acceptors (Lipinski definition) is 3. The van der Waals surface area contributed by atoms with Crippen molar-refractivity contribution in [3.05, 3.63) is 53.9 Å². The zero-order valence-electron chi connectivity index (χ0n) is 11.9. The van der Waals surface area contributed by atoms with Gasteiger partial charge in [0.25, 0.3) is 5.91 Å². The van der Waals surface area contributed by atoms with E-state index in [0.29, 0.717) is 5.56 Å². The van der Waals surface area contributed by atoms with Gasteiger partial charge < -0.3 is 10.4 Å². The molecule has 0 aliphatic rings. The molecule has 0 saturated heterocycles. The molecule has 6 nitrogen and oxygen atoms in total. The maximum atomic E-state index is 12.2. The summed E-state index contributed by atoms with van der Waals surface area (Å²) < 4.78 is 1.52. The lowest BCUT2D eigenvalue weighted by molar-refractivity contribution is -0.142. The molecule has 2 atom stereocenters. The molecule has 2 aromatic rings. The number of benzene rings is 1. The van der Waals surface area contributed by atoms with Gasteiger partial charge in [0.15, 0.2) is 0 Å². The molecule has 2 unspecified atom stereocenters. The molecule has 2 rings (SSSR count). The van der Waals surface area contributed by atoms with Crippen LogP contribution < -0.4 is 5.32 Å². The monoisotopic (exact) mass is 287 g/mol. The van der Waals surface area contributed by atoms with Gasteiger partial charge in [-0.15, -0.1) is 0 Å². The van der Waals surface area contributed by atoms with E-state index in [9.17, 15) is 14.7 Å². The van der Waals surface area contributed by atoms with Crippen LogP contribution in [-0.2, 0) is 11.8 Å². The summed E-state index contributed by atoms with van der Waals surface area (Å²) in [6.07, 6.45) is 3.03. The fourth-order valence-electron chi connectivity index (χ4n) is 2.06. The molecule has 1 heterocycles. The highest BCUT2D eigenvalue weighted by atomic mass is 16.4. The average Bonchev–Trinajstić information content (AvgIpc) is 2.91. The van der Waals surface area contributed by atoms with E-state index >= 15 is 0 Å². The minimum Gasteiger partial charge on any atom is -0.481 e. The van der Waals surface area contributed by atoms with Gasteiger partial charge in [-0.2, -0.15) is 5.10 Å². The molecule has 0 radical (unpaired) electrons. The Kier molecular flexibility index (Phi) is 4.37. The van der Waals surface area contributed by atoms with Gasteiger partial charge in [-0.25, -0.2) is 0 Å². The Balaban J connectivity index is 2.24. The minimum absolute atomic E-state index is 0.343. The van der Waals surface area contributed by atoms with Crippen LogP contribution in [0.1, 0.15) is 28.9 Å². The highest BCUT2D eigenvalue weighted by Gasteiger charge is 2.27. The molecule has 0 bridgehead atoms. The standard InChI is InChI=1S/C15H17N3O3/c1-10(15(20)21)13(11-6-4-3-5-7-11)17-14(19)12-8-16-18(2)9-12/h3-10,13H,1-2H3,(H,17,19)(H,20,21). The van der Waals surface area contributed by atoms with Crippen molar-refractivity contribution in [2.75, 3.05) is 0 Å². The van der Waals surface area contributed by atoms with Crippen molar-refractivity contribution in [1.82, 2.24) is 15.1 Å². The van der Waals surface area contributed by atoms with Gasteiger partial charge in [0.2, 0.25) is 0 Å². The van der Waals surface area contributed by atoms with Crippen LogP contribution in [0.5, 0.6) is 0 Å². The summed E-state index contributed by atoms with van der Waals surface area (Å²) in [6, 6.07) is 8.47. The van der Waals surface area contributed by atoms with Crippen molar-refractivity contribution in [3.8, 4) is 0 Å². The zero-order chi connectivity index (χ0) is 15.4. The fourth-order valence-corrected chi connectivity index (χ4v) is 2.06. The molecule has 1 aromatic carbocycles. The number of aromatic nitrogens is 2. The molecule has 0 spiro atoms. The number of nitrogens with zero attached hydrogens (tertiary/aromatic N) is 2. The first-order chi connectivity index (χ1) is 9.99. The summed E-state index contributed by atoms with van der Waals surface area (Å²) in [6.45, 7) is 1.57. The van der Waals surface area contributed by atoms with Crippen LogP contribution in [0, 0.1) is 5.92 Å². The van der Waals surface area contributed by atoms with Gasteiger partial charge in [0, 0.05) is 13.2 Å². The molecule has 0 aliphatic carbocycles. The molecule has 0 aliphatic heterocycles. The van der Waals surface area contributed by atoms with Crippen molar-refractivity contribution in [1.29, 1.82) is 0 Å². The maximum Gasteiger partial charge on any atom is 0.308 e. The number of carboxylic acids is 1. The second-order valence-corrected chi connectivity index (χ2v) is 4.89. The van der Waals surface area contributed by atoms with E-state index in [4.69, 9.17) is 0 Å². The number of amides is 1. The predicted octanol–water partition coefficient (Wildman–Crippen LogP) is 1.61. The summed E-state index contributed by atoms with van der Waals surface area (Å²) in [5.41, 5.74) is 1.15. The number of carboxylic acid groups (broad SMARTS) is 1. The predicted molar refractivity (Wildman–Crippen MR) is 76.7 cm³/mol. The molecule has 0 saturated carbocycles. The third-order valence-electron chi connectivity index (χ3n) is 3.30. The second kappa shape index (κ2) is 6.21. The van der Waals surface area contributed by atoms with Crippen molar-refractivity contribution in [2.24, 2.45) is 13.0 Å². The maximum absolute atomic E-state index is 12.2. The van der Waals surface area contributed by atoms with Crippen LogP contribution in [0.2, 0.25) is 0 Å². The molecular formula is C15H17N3O3.